The van der Waals surface area contributed by atoms with Gasteiger partial charge in [0.2, 0.25) is 5.91 Å². The van der Waals surface area contributed by atoms with Crippen molar-refractivity contribution in [2.45, 2.75) is 39.5 Å². The zero-order chi connectivity index (χ0) is 10.6. The number of hydrogen-bond acceptors (Lipinski definition) is 1. The Morgan fingerprint density at radius 1 is 1.43 bits per heavy atom. The Morgan fingerprint density at radius 2 is 2.00 bits per heavy atom. The molecule has 1 aliphatic carbocycles. The first-order chi connectivity index (χ1) is 6.53. The van der Waals surface area contributed by atoms with Crippen LogP contribution < -0.4 is 5.32 Å². The average Bonchev–Trinajstić information content (AvgIpc) is 2.16. The minimum atomic E-state index is 0.106. The quantitative estimate of drug-likeness (QED) is 0.778. The lowest BCUT2D eigenvalue weighted by atomic mass is 9.73. The van der Waals surface area contributed by atoms with Crippen LogP contribution in [0.3, 0.4) is 0 Å². The van der Waals surface area contributed by atoms with Gasteiger partial charge in [-0.25, -0.2) is 0 Å². The van der Waals surface area contributed by atoms with Gasteiger partial charge in [0, 0.05) is 6.54 Å². The van der Waals surface area contributed by atoms with Crippen molar-refractivity contribution in [1.82, 2.24) is 5.32 Å². The molecule has 0 aliphatic heterocycles. The zero-order valence-electron chi connectivity index (χ0n) is 9.11. The van der Waals surface area contributed by atoms with Crippen LogP contribution in [0.4, 0.5) is 0 Å². The standard InChI is InChI=1S/C11H20BrNO/c1-11(2)5-3-9(4-6-11)8-13-10(14)7-12/h9H,3-8H2,1-2H3,(H,13,14). The molecule has 82 valence electrons. The van der Waals surface area contributed by atoms with Crippen LogP contribution >= 0.6 is 15.9 Å². The van der Waals surface area contributed by atoms with Gasteiger partial charge in [-0.3, -0.25) is 4.79 Å². The second-order valence-corrected chi connectivity index (χ2v) is 5.61. The van der Waals surface area contributed by atoms with E-state index in [1.165, 1.54) is 25.7 Å². The number of alkyl halides is 1. The highest BCUT2D eigenvalue weighted by atomic mass is 79.9. The normalized spacial score (nSPS) is 21.9. The molecular formula is C11H20BrNO. The van der Waals surface area contributed by atoms with Crippen LogP contribution in [0.1, 0.15) is 39.5 Å². The number of rotatable bonds is 3. The summed E-state index contributed by atoms with van der Waals surface area (Å²) in [7, 11) is 0. The van der Waals surface area contributed by atoms with Crippen molar-refractivity contribution in [1.29, 1.82) is 0 Å². The van der Waals surface area contributed by atoms with Gasteiger partial charge in [0.15, 0.2) is 0 Å². The largest absolute Gasteiger partial charge is 0.355 e. The summed E-state index contributed by atoms with van der Waals surface area (Å²) < 4.78 is 0. The van der Waals surface area contributed by atoms with Crippen LogP contribution in [0.15, 0.2) is 0 Å². The summed E-state index contributed by atoms with van der Waals surface area (Å²) >= 11 is 3.15. The minimum absolute atomic E-state index is 0.106. The summed E-state index contributed by atoms with van der Waals surface area (Å²) in [6.07, 6.45) is 5.11. The smallest absolute Gasteiger partial charge is 0.230 e. The fraction of sp³-hybridized carbons (Fsp3) is 0.909. The van der Waals surface area contributed by atoms with Crippen LogP contribution in [0.2, 0.25) is 0 Å². The summed E-state index contributed by atoms with van der Waals surface area (Å²) in [5.74, 6) is 0.806. The summed E-state index contributed by atoms with van der Waals surface area (Å²) in [6, 6.07) is 0. The van der Waals surface area contributed by atoms with Crippen molar-refractivity contribution in [3.8, 4) is 0 Å². The molecule has 1 rings (SSSR count). The molecule has 1 saturated carbocycles. The van der Waals surface area contributed by atoms with Crippen LogP contribution in [0, 0.1) is 11.3 Å². The highest BCUT2D eigenvalue weighted by Gasteiger charge is 2.26. The van der Waals surface area contributed by atoms with Gasteiger partial charge in [-0.2, -0.15) is 0 Å². The van der Waals surface area contributed by atoms with Crippen LogP contribution in [-0.2, 0) is 4.79 Å². The molecule has 1 aliphatic rings. The van der Waals surface area contributed by atoms with Gasteiger partial charge in [-0.05, 0) is 37.0 Å². The number of nitrogens with one attached hydrogen (secondary N) is 1. The predicted octanol–water partition coefficient (Wildman–Crippen LogP) is 2.71. The van der Waals surface area contributed by atoms with E-state index >= 15 is 0 Å². The maximum Gasteiger partial charge on any atom is 0.230 e. The van der Waals surface area contributed by atoms with Gasteiger partial charge in [0.1, 0.15) is 0 Å². The summed E-state index contributed by atoms with van der Waals surface area (Å²) in [4.78, 5) is 11.0. The Bertz CT molecular complexity index is 193. The van der Waals surface area contributed by atoms with Crippen LogP contribution in [0.5, 0.6) is 0 Å². The molecule has 14 heavy (non-hydrogen) atoms. The molecule has 3 heteroatoms. The van der Waals surface area contributed by atoms with Crippen molar-refractivity contribution >= 4 is 21.8 Å². The maximum atomic E-state index is 11.0. The first-order valence-corrected chi connectivity index (χ1v) is 6.48. The Hall–Kier alpha value is -0.0500. The fourth-order valence-electron chi connectivity index (χ4n) is 1.97. The van der Waals surface area contributed by atoms with Crippen molar-refractivity contribution in [3.63, 3.8) is 0 Å². The van der Waals surface area contributed by atoms with E-state index in [0.29, 0.717) is 16.7 Å². The Labute approximate surface area is 95.0 Å². The molecule has 0 radical (unpaired) electrons. The average molecular weight is 262 g/mol. The monoisotopic (exact) mass is 261 g/mol. The summed E-state index contributed by atoms with van der Waals surface area (Å²) in [5, 5.41) is 3.37. The Morgan fingerprint density at radius 3 is 2.50 bits per heavy atom. The molecule has 0 spiro atoms. The van der Waals surface area contributed by atoms with E-state index in [2.05, 4.69) is 35.1 Å². The number of carbonyl (C=O) groups excluding carboxylic acids is 1. The van der Waals surface area contributed by atoms with Gasteiger partial charge in [0.25, 0.3) is 0 Å². The van der Waals surface area contributed by atoms with Gasteiger partial charge < -0.3 is 5.32 Å². The topological polar surface area (TPSA) is 29.1 Å². The van der Waals surface area contributed by atoms with E-state index in [4.69, 9.17) is 0 Å². The fourth-order valence-corrected chi connectivity index (χ4v) is 2.17. The molecule has 0 bridgehead atoms. The molecule has 1 amide bonds. The molecule has 0 aromatic rings. The molecule has 1 fully saturated rings. The van der Waals surface area contributed by atoms with E-state index < -0.39 is 0 Å². The van der Waals surface area contributed by atoms with Gasteiger partial charge in [-0.1, -0.05) is 29.8 Å². The van der Waals surface area contributed by atoms with E-state index in [0.717, 1.165) is 6.54 Å². The predicted molar refractivity (Wildman–Crippen MR) is 62.5 cm³/mol. The maximum absolute atomic E-state index is 11.0. The van der Waals surface area contributed by atoms with E-state index in [1.807, 2.05) is 0 Å². The van der Waals surface area contributed by atoms with Gasteiger partial charge in [0.05, 0.1) is 5.33 Å². The number of hydrogen-bond donors (Lipinski definition) is 1. The number of amides is 1. The first kappa shape index (κ1) is 12.0. The molecule has 0 heterocycles. The van der Waals surface area contributed by atoms with E-state index in [9.17, 15) is 4.79 Å². The third kappa shape index (κ3) is 3.99. The highest BCUT2D eigenvalue weighted by molar-refractivity contribution is 9.09. The Balaban J connectivity index is 2.19. The zero-order valence-corrected chi connectivity index (χ0v) is 10.7. The lowest BCUT2D eigenvalue weighted by Crippen LogP contribution is -2.33. The lowest BCUT2D eigenvalue weighted by Gasteiger charge is -2.34. The highest BCUT2D eigenvalue weighted by Crippen LogP contribution is 2.37. The number of halogens is 1. The second kappa shape index (κ2) is 5.15. The first-order valence-electron chi connectivity index (χ1n) is 5.36. The lowest BCUT2D eigenvalue weighted by molar-refractivity contribution is -0.118. The SMILES string of the molecule is CC1(C)CCC(CNC(=O)CBr)CC1. The van der Waals surface area contributed by atoms with Crippen molar-refractivity contribution in [2.75, 3.05) is 11.9 Å². The summed E-state index contributed by atoms with van der Waals surface area (Å²) in [5.41, 5.74) is 0.524. The molecule has 1 N–H and O–H groups in total. The summed E-state index contributed by atoms with van der Waals surface area (Å²) in [6.45, 7) is 5.53. The van der Waals surface area contributed by atoms with Crippen LogP contribution in [0.25, 0.3) is 0 Å². The second-order valence-electron chi connectivity index (χ2n) is 5.05. The third-order valence-corrected chi connectivity index (χ3v) is 3.68. The molecule has 0 unspecified atom stereocenters. The molecule has 0 aromatic heterocycles. The van der Waals surface area contributed by atoms with Crippen molar-refractivity contribution < 1.29 is 4.79 Å². The van der Waals surface area contributed by atoms with Crippen LogP contribution in [-0.4, -0.2) is 17.8 Å². The number of carbonyl (C=O) groups is 1. The molecule has 0 atom stereocenters. The van der Waals surface area contributed by atoms with E-state index in [-0.39, 0.29) is 5.91 Å². The van der Waals surface area contributed by atoms with Gasteiger partial charge >= 0.3 is 0 Å². The molecule has 0 aromatic carbocycles. The molecular weight excluding hydrogens is 242 g/mol. The van der Waals surface area contributed by atoms with Crippen molar-refractivity contribution in [2.24, 2.45) is 11.3 Å². The third-order valence-electron chi connectivity index (χ3n) is 3.17. The molecule has 2 nitrogen and oxygen atoms in total. The van der Waals surface area contributed by atoms with Gasteiger partial charge in [-0.15, -0.1) is 0 Å². The Kier molecular flexibility index (Phi) is 4.42. The van der Waals surface area contributed by atoms with E-state index in [1.54, 1.807) is 0 Å². The minimum Gasteiger partial charge on any atom is -0.355 e. The van der Waals surface area contributed by atoms with Crippen molar-refractivity contribution in [3.05, 3.63) is 0 Å². The molecule has 0 saturated heterocycles.